The first kappa shape index (κ1) is 19.1. The summed E-state index contributed by atoms with van der Waals surface area (Å²) in [4.78, 5) is 39.2. The Morgan fingerprint density at radius 3 is 2.48 bits per heavy atom. The summed E-state index contributed by atoms with van der Waals surface area (Å²) in [5.41, 5.74) is 3.49. The summed E-state index contributed by atoms with van der Waals surface area (Å²) in [5, 5.41) is 4.97. The first-order chi connectivity index (χ1) is 12.9. The average Bonchev–Trinajstić information content (AvgIpc) is 3.18. The Balaban J connectivity index is 2.01. The lowest BCUT2D eigenvalue weighted by molar-refractivity contribution is 0.0529. The molecular formula is C19H18N2O4S2. The molecule has 0 spiro atoms. The van der Waals surface area contributed by atoms with Gasteiger partial charge in [-0.1, -0.05) is 41.2 Å². The molecule has 3 aromatic rings. The molecule has 2 heterocycles. The highest BCUT2D eigenvalue weighted by Crippen LogP contribution is 2.36. The van der Waals surface area contributed by atoms with Gasteiger partial charge in [0.2, 0.25) is 0 Å². The van der Waals surface area contributed by atoms with Crippen molar-refractivity contribution >= 4 is 39.6 Å². The fourth-order valence-electron chi connectivity index (χ4n) is 2.58. The Bertz CT molecular complexity index is 1040. The van der Waals surface area contributed by atoms with Crippen molar-refractivity contribution in [1.82, 2.24) is 4.98 Å². The molecule has 0 atom stereocenters. The van der Waals surface area contributed by atoms with E-state index in [0.717, 1.165) is 22.5 Å². The maximum absolute atomic E-state index is 12.6. The van der Waals surface area contributed by atoms with Crippen molar-refractivity contribution in [3.8, 4) is 11.1 Å². The van der Waals surface area contributed by atoms with E-state index in [1.54, 1.807) is 13.8 Å². The molecule has 2 N–H and O–H groups in total. The van der Waals surface area contributed by atoms with Gasteiger partial charge in [-0.3, -0.25) is 9.59 Å². The normalized spacial score (nSPS) is 10.6. The van der Waals surface area contributed by atoms with Crippen molar-refractivity contribution in [1.29, 1.82) is 0 Å². The van der Waals surface area contributed by atoms with Gasteiger partial charge in [0.15, 0.2) is 0 Å². The van der Waals surface area contributed by atoms with Crippen LogP contribution in [0, 0.1) is 13.8 Å². The number of carbonyl (C=O) groups excluding carboxylic acids is 2. The van der Waals surface area contributed by atoms with Gasteiger partial charge in [0.05, 0.1) is 6.61 Å². The Morgan fingerprint density at radius 2 is 1.89 bits per heavy atom. The molecule has 1 amide bonds. The van der Waals surface area contributed by atoms with E-state index in [2.05, 4.69) is 10.3 Å². The number of ether oxygens (including phenoxy) is 1. The number of anilines is 1. The molecule has 1 aromatic carbocycles. The number of thiazole rings is 1. The topological polar surface area (TPSA) is 88.3 Å². The van der Waals surface area contributed by atoms with Gasteiger partial charge in [0, 0.05) is 16.6 Å². The Hall–Kier alpha value is -2.71. The Labute approximate surface area is 163 Å². The molecule has 0 aliphatic heterocycles. The fraction of sp³-hybridized carbons (Fsp3) is 0.211. The van der Waals surface area contributed by atoms with E-state index in [-0.39, 0.29) is 11.5 Å². The molecule has 0 fully saturated rings. The van der Waals surface area contributed by atoms with Gasteiger partial charge in [0.25, 0.3) is 5.91 Å². The number of benzene rings is 1. The standard InChI is InChI=1S/C19H18N2O4S2/c1-4-25-18(23)14-13(12-7-5-10(2)6-8-12)9-26-17(14)21-16(22)15-11(3)20-19(24)27-15/h5-9H,4H2,1-3H3,(H,20,24)(H,21,22). The highest BCUT2D eigenvalue weighted by Gasteiger charge is 2.24. The van der Waals surface area contributed by atoms with Crippen molar-refractivity contribution in [3.63, 3.8) is 0 Å². The SMILES string of the molecule is CCOC(=O)c1c(-c2ccc(C)cc2)csc1NC(=O)c1sc(=O)[nH]c1C. The zero-order valence-electron chi connectivity index (χ0n) is 15.0. The van der Waals surface area contributed by atoms with E-state index in [9.17, 15) is 14.4 Å². The molecule has 0 saturated heterocycles. The fourth-order valence-corrected chi connectivity index (χ4v) is 4.27. The van der Waals surface area contributed by atoms with Crippen LogP contribution in [0.2, 0.25) is 0 Å². The van der Waals surface area contributed by atoms with Crippen LogP contribution >= 0.6 is 22.7 Å². The van der Waals surface area contributed by atoms with Crippen molar-refractivity contribution in [2.45, 2.75) is 20.8 Å². The number of nitrogens with one attached hydrogen (secondary N) is 2. The second kappa shape index (κ2) is 7.89. The van der Waals surface area contributed by atoms with Crippen LogP contribution in [0.3, 0.4) is 0 Å². The van der Waals surface area contributed by atoms with Crippen LogP contribution in [-0.2, 0) is 4.74 Å². The number of esters is 1. The van der Waals surface area contributed by atoms with E-state index in [1.807, 2.05) is 36.6 Å². The monoisotopic (exact) mass is 402 g/mol. The van der Waals surface area contributed by atoms with Gasteiger partial charge in [-0.2, -0.15) is 0 Å². The molecule has 0 radical (unpaired) electrons. The van der Waals surface area contributed by atoms with Gasteiger partial charge >= 0.3 is 10.8 Å². The summed E-state index contributed by atoms with van der Waals surface area (Å²) in [6, 6.07) is 7.77. The lowest BCUT2D eigenvalue weighted by atomic mass is 10.0. The van der Waals surface area contributed by atoms with E-state index in [4.69, 9.17) is 4.74 Å². The molecule has 0 aliphatic rings. The summed E-state index contributed by atoms with van der Waals surface area (Å²) in [5.74, 6) is -0.928. The third kappa shape index (κ3) is 4.01. The van der Waals surface area contributed by atoms with Crippen LogP contribution in [0.4, 0.5) is 5.00 Å². The third-order valence-electron chi connectivity index (χ3n) is 3.89. The Kier molecular flexibility index (Phi) is 5.57. The number of carbonyl (C=O) groups is 2. The van der Waals surface area contributed by atoms with Crippen LogP contribution in [0.1, 0.15) is 38.2 Å². The molecule has 2 aromatic heterocycles. The van der Waals surface area contributed by atoms with Gasteiger partial charge in [-0.25, -0.2) is 4.79 Å². The van der Waals surface area contributed by atoms with Crippen LogP contribution in [0.15, 0.2) is 34.4 Å². The molecule has 0 bridgehead atoms. The molecule has 6 nitrogen and oxygen atoms in total. The van der Waals surface area contributed by atoms with Crippen molar-refractivity contribution in [2.75, 3.05) is 11.9 Å². The number of hydrogen-bond acceptors (Lipinski definition) is 6. The summed E-state index contributed by atoms with van der Waals surface area (Å²) >= 11 is 2.08. The highest BCUT2D eigenvalue weighted by molar-refractivity contribution is 7.15. The molecule has 27 heavy (non-hydrogen) atoms. The van der Waals surface area contributed by atoms with Crippen LogP contribution < -0.4 is 10.2 Å². The number of aromatic nitrogens is 1. The van der Waals surface area contributed by atoms with Crippen LogP contribution in [0.5, 0.6) is 0 Å². The van der Waals surface area contributed by atoms with Crippen LogP contribution in [-0.4, -0.2) is 23.5 Å². The molecular weight excluding hydrogens is 384 g/mol. The average molecular weight is 402 g/mol. The maximum atomic E-state index is 12.6. The van der Waals surface area contributed by atoms with Gasteiger partial charge in [-0.15, -0.1) is 11.3 Å². The smallest absolute Gasteiger partial charge is 0.341 e. The van der Waals surface area contributed by atoms with Crippen molar-refractivity contribution in [3.05, 3.63) is 61.0 Å². The molecule has 0 unspecified atom stereocenters. The predicted octanol–water partition coefficient (Wildman–Crippen LogP) is 4.21. The first-order valence-electron chi connectivity index (χ1n) is 8.27. The minimum absolute atomic E-state index is 0.230. The predicted molar refractivity (Wildman–Crippen MR) is 108 cm³/mol. The van der Waals surface area contributed by atoms with E-state index in [0.29, 0.717) is 26.7 Å². The largest absolute Gasteiger partial charge is 0.462 e. The van der Waals surface area contributed by atoms with E-state index < -0.39 is 11.9 Å². The minimum Gasteiger partial charge on any atom is -0.462 e. The molecule has 3 rings (SSSR count). The number of thiophene rings is 1. The number of aromatic amines is 1. The number of H-pyrrole nitrogens is 1. The number of aryl methyl sites for hydroxylation is 2. The maximum Gasteiger partial charge on any atom is 0.341 e. The molecule has 0 aliphatic carbocycles. The highest BCUT2D eigenvalue weighted by atomic mass is 32.1. The molecule has 140 valence electrons. The second-order valence-electron chi connectivity index (χ2n) is 5.86. The molecule has 8 heteroatoms. The summed E-state index contributed by atoms with van der Waals surface area (Å²) in [6.45, 7) is 5.60. The van der Waals surface area contributed by atoms with Gasteiger partial charge < -0.3 is 15.0 Å². The first-order valence-corrected chi connectivity index (χ1v) is 9.97. The van der Waals surface area contributed by atoms with Crippen molar-refractivity contribution in [2.24, 2.45) is 0 Å². The van der Waals surface area contributed by atoms with Crippen molar-refractivity contribution < 1.29 is 14.3 Å². The number of rotatable bonds is 5. The second-order valence-corrected chi connectivity index (χ2v) is 7.73. The van der Waals surface area contributed by atoms with Crippen LogP contribution in [0.25, 0.3) is 11.1 Å². The zero-order chi connectivity index (χ0) is 19.6. The minimum atomic E-state index is -0.497. The summed E-state index contributed by atoms with van der Waals surface area (Å²) in [7, 11) is 0. The number of amides is 1. The number of hydrogen-bond donors (Lipinski definition) is 2. The van der Waals surface area contributed by atoms with E-state index in [1.165, 1.54) is 11.3 Å². The Morgan fingerprint density at radius 1 is 1.19 bits per heavy atom. The van der Waals surface area contributed by atoms with Gasteiger partial charge in [-0.05, 0) is 26.3 Å². The molecule has 0 saturated carbocycles. The third-order valence-corrected chi connectivity index (χ3v) is 5.77. The lowest BCUT2D eigenvalue weighted by Gasteiger charge is -2.09. The zero-order valence-corrected chi connectivity index (χ0v) is 16.7. The van der Waals surface area contributed by atoms with E-state index >= 15 is 0 Å². The quantitative estimate of drug-likeness (QED) is 0.626. The summed E-state index contributed by atoms with van der Waals surface area (Å²) < 4.78 is 5.19. The summed E-state index contributed by atoms with van der Waals surface area (Å²) in [6.07, 6.45) is 0. The lowest BCUT2D eigenvalue weighted by Crippen LogP contribution is -2.14. The van der Waals surface area contributed by atoms with Gasteiger partial charge in [0.1, 0.15) is 15.4 Å².